The van der Waals surface area contributed by atoms with E-state index in [4.69, 9.17) is 0 Å². The molecule has 1 aliphatic rings. The van der Waals surface area contributed by atoms with Gasteiger partial charge in [0.1, 0.15) is 5.75 Å². The van der Waals surface area contributed by atoms with Gasteiger partial charge in [0, 0.05) is 31.9 Å². The predicted octanol–water partition coefficient (Wildman–Crippen LogP) is 2.27. The predicted molar refractivity (Wildman–Crippen MR) is 119 cm³/mol. The summed E-state index contributed by atoms with van der Waals surface area (Å²) in [6.07, 6.45) is 0. The second-order valence-corrected chi connectivity index (χ2v) is 7.72. The minimum absolute atomic E-state index is 0.0607. The van der Waals surface area contributed by atoms with Crippen LogP contribution in [0.25, 0.3) is 0 Å². The molecule has 2 aromatic carbocycles. The van der Waals surface area contributed by atoms with Crippen LogP contribution in [0.4, 0.5) is 11.4 Å². The Labute approximate surface area is 177 Å². The van der Waals surface area contributed by atoms with Gasteiger partial charge in [-0.2, -0.15) is 0 Å². The molecule has 30 heavy (non-hydrogen) atoms. The van der Waals surface area contributed by atoms with Crippen molar-refractivity contribution in [3.63, 3.8) is 0 Å². The van der Waals surface area contributed by atoms with Crippen LogP contribution < -0.4 is 15.5 Å². The van der Waals surface area contributed by atoms with Gasteiger partial charge in [-0.05, 0) is 44.0 Å². The monoisotopic (exact) mass is 410 g/mol. The Morgan fingerprint density at radius 2 is 1.63 bits per heavy atom. The van der Waals surface area contributed by atoms with Crippen LogP contribution in [0.1, 0.15) is 18.1 Å². The first-order valence-corrected chi connectivity index (χ1v) is 10.3. The number of benzene rings is 2. The minimum atomic E-state index is -0.329. The van der Waals surface area contributed by atoms with Gasteiger partial charge >= 0.3 is 0 Å². The SMILES string of the molecule is Cc1cccc(C)c1NC(=O)CNC(=O)[C@@H](C)N1CCN(c2ccccc2O)CC1. The van der Waals surface area contributed by atoms with Crippen LogP contribution in [0.3, 0.4) is 0 Å². The molecule has 7 heteroatoms. The maximum absolute atomic E-state index is 12.6. The highest BCUT2D eigenvalue weighted by molar-refractivity contribution is 5.96. The van der Waals surface area contributed by atoms with E-state index in [1.54, 1.807) is 12.1 Å². The van der Waals surface area contributed by atoms with E-state index in [2.05, 4.69) is 20.4 Å². The number of hydrogen-bond acceptors (Lipinski definition) is 5. The Morgan fingerprint density at radius 1 is 1.00 bits per heavy atom. The highest BCUT2D eigenvalue weighted by Gasteiger charge is 2.26. The number of carbonyl (C=O) groups excluding carboxylic acids is 2. The van der Waals surface area contributed by atoms with Gasteiger partial charge in [0.2, 0.25) is 11.8 Å². The van der Waals surface area contributed by atoms with Crippen LogP contribution in [0.2, 0.25) is 0 Å². The molecule has 0 aromatic heterocycles. The number of phenols is 1. The van der Waals surface area contributed by atoms with Crippen LogP contribution in [-0.2, 0) is 9.59 Å². The zero-order valence-electron chi connectivity index (χ0n) is 17.8. The molecule has 1 aliphatic heterocycles. The van der Waals surface area contributed by atoms with Crippen LogP contribution in [0.5, 0.6) is 5.75 Å². The lowest BCUT2D eigenvalue weighted by atomic mass is 10.1. The fourth-order valence-corrected chi connectivity index (χ4v) is 3.76. The van der Waals surface area contributed by atoms with Crippen molar-refractivity contribution >= 4 is 23.2 Å². The molecule has 0 spiro atoms. The van der Waals surface area contributed by atoms with Crippen LogP contribution in [-0.4, -0.2) is 60.6 Å². The molecule has 1 heterocycles. The summed E-state index contributed by atoms with van der Waals surface area (Å²) in [5.41, 5.74) is 3.60. The third kappa shape index (κ3) is 5.10. The number of piperazine rings is 1. The fraction of sp³-hybridized carbons (Fsp3) is 0.391. The standard InChI is InChI=1S/C23H30N4O3/c1-16-7-6-8-17(2)22(16)25-21(29)15-24-23(30)18(3)26-11-13-27(14-12-26)19-9-4-5-10-20(19)28/h4-10,18,28H,11-15H2,1-3H3,(H,24,30)(H,25,29)/t18-/m1/s1. The average Bonchev–Trinajstić information content (AvgIpc) is 2.75. The molecule has 0 bridgehead atoms. The van der Waals surface area contributed by atoms with Gasteiger partial charge in [-0.1, -0.05) is 30.3 Å². The molecular formula is C23H30N4O3. The summed E-state index contributed by atoms with van der Waals surface area (Å²) in [5, 5.41) is 15.7. The highest BCUT2D eigenvalue weighted by atomic mass is 16.3. The lowest BCUT2D eigenvalue weighted by Crippen LogP contribution is -2.54. The first-order valence-electron chi connectivity index (χ1n) is 10.3. The number of nitrogens with one attached hydrogen (secondary N) is 2. The molecule has 2 aromatic rings. The first-order chi connectivity index (χ1) is 14.4. The molecule has 160 valence electrons. The Balaban J connectivity index is 1.47. The Kier molecular flexibility index (Phi) is 6.95. The molecule has 1 atom stereocenters. The van der Waals surface area contributed by atoms with Crippen LogP contribution in [0.15, 0.2) is 42.5 Å². The van der Waals surface area contributed by atoms with E-state index in [9.17, 15) is 14.7 Å². The Morgan fingerprint density at radius 3 is 2.27 bits per heavy atom. The number of hydrogen-bond donors (Lipinski definition) is 3. The molecule has 0 aliphatic carbocycles. The lowest BCUT2D eigenvalue weighted by Gasteiger charge is -2.38. The van der Waals surface area contributed by atoms with Crippen molar-refractivity contribution < 1.29 is 14.7 Å². The van der Waals surface area contributed by atoms with Crippen molar-refractivity contribution in [2.75, 3.05) is 42.9 Å². The van der Waals surface area contributed by atoms with Crippen molar-refractivity contribution in [3.05, 3.63) is 53.6 Å². The third-order valence-corrected chi connectivity index (χ3v) is 5.63. The van der Waals surface area contributed by atoms with E-state index in [1.807, 2.05) is 51.1 Å². The molecule has 1 saturated heterocycles. The van der Waals surface area contributed by atoms with Crippen molar-refractivity contribution in [2.45, 2.75) is 26.8 Å². The van der Waals surface area contributed by atoms with Gasteiger partial charge in [-0.25, -0.2) is 0 Å². The van der Waals surface area contributed by atoms with Gasteiger partial charge in [-0.15, -0.1) is 0 Å². The number of rotatable bonds is 6. The van der Waals surface area contributed by atoms with Crippen molar-refractivity contribution in [2.24, 2.45) is 0 Å². The zero-order valence-corrected chi connectivity index (χ0v) is 17.8. The highest BCUT2D eigenvalue weighted by Crippen LogP contribution is 2.27. The molecule has 1 fully saturated rings. The largest absolute Gasteiger partial charge is 0.506 e. The summed E-state index contributed by atoms with van der Waals surface area (Å²) < 4.78 is 0. The molecule has 0 saturated carbocycles. The Bertz CT molecular complexity index is 887. The molecule has 7 nitrogen and oxygen atoms in total. The average molecular weight is 411 g/mol. The topological polar surface area (TPSA) is 84.9 Å². The Hall–Kier alpha value is -3.06. The van der Waals surface area contributed by atoms with Crippen molar-refractivity contribution in [1.82, 2.24) is 10.2 Å². The maximum Gasteiger partial charge on any atom is 0.243 e. The first kappa shape index (κ1) is 21.6. The summed E-state index contributed by atoms with van der Waals surface area (Å²) in [4.78, 5) is 29.0. The summed E-state index contributed by atoms with van der Waals surface area (Å²) in [5.74, 6) is -0.133. The molecule has 0 unspecified atom stereocenters. The van der Waals surface area contributed by atoms with Crippen molar-refractivity contribution in [1.29, 1.82) is 0 Å². The molecule has 0 radical (unpaired) electrons. The van der Waals surface area contributed by atoms with Gasteiger partial charge in [-0.3, -0.25) is 14.5 Å². The van der Waals surface area contributed by atoms with E-state index in [0.29, 0.717) is 13.1 Å². The number of aryl methyl sites for hydroxylation is 2. The fourth-order valence-electron chi connectivity index (χ4n) is 3.76. The van der Waals surface area contributed by atoms with E-state index >= 15 is 0 Å². The minimum Gasteiger partial charge on any atom is -0.506 e. The number of nitrogens with zero attached hydrogens (tertiary/aromatic N) is 2. The second-order valence-electron chi connectivity index (χ2n) is 7.72. The number of carbonyl (C=O) groups is 2. The maximum atomic E-state index is 12.6. The van der Waals surface area contributed by atoms with E-state index in [1.165, 1.54) is 0 Å². The van der Waals surface area contributed by atoms with Crippen molar-refractivity contribution in [3.8, 4) is 5.75 Å². The quantitative estimate of drug-likeness (QED) is 0.680. The van der Waals surface area contributed by atoms with E-state index in [0.717, 1.165) is 35.6 Å². The van der Waals surface area contributed by atoms with E-state index < -0.39 is 0 Å². The second kappa shape index (κ2) is 9.63. The smallest absolute Gasteiger partial charge is 0.243 e. The summed E-state index contributed by atoms with van der Waals surface area (Å²) in [6.45, 7) is 8.54. The third-order valence-electron chi connectivity index (χ3n) is 5.63. The normalized spacial score (nSPS) is 15.5. The molecule has 3 N–H and O–H groups in total. The number of para-hydroxylation sites is 3. The molecule has 2 amide bonds. The number of aromatic hydroxyl groups is 1. The van der Waals surface area contributed by atoms with Gasteiger partial charge in [0.05, 0.1) is 18.3 Å². The van der Waals surface area contributed by atoms with Gasteiger partial charge in [0.25, 0.3) is 0 Å². The zero-order chi connectivity index (χ0) is 21.7. The van der Waals surface area contributed by atoms with E-state index in [-0.39, 0.29) is 30.2 Å². The van der Waals surface area contributed by atoms with Crippen LogP contribution >= 0.6 is 0 Å². The number of amides is 2. The number of anilines is 2. The summed E-state index contributed by atoms with van der Waals surface area (Å²) in [7, 11) is 0. The molecular weight excluding hydrogens is 380 g/mol. The molecule has 3 rings (SSSR count). The van der Waals surface area contributed by atoms with Gasteiger partial charge < -0.3 is 20.6 Å². The van der Waals surface area contributed by atoms with Crippen LogP contribution in [0, 0.1) is 13.8 Å². The number of phenolic OH excluding ortho intramolecular Hbond substituents is 1. The van der Waals surface area contributed by atoms with Gasteiger partial charge in [0.15, 0.2) is 0 Å². The lowest BCUT2D eigenvalue weighted by molar-refractivity contribution is -0.128. The summed E-state index contributed by atoms with van der Waals surface area (Å²) >= 11 is 0. The summed E-state index contributed by atoms with van der Waals surface area (Å²) in [6, 6.07) is 12.8.